The number of hydrogen-bond acceptors (Lipinski definition) is 6. The van der Waals surface area contributed by atoms with Crippen LogP contribution in [-0.4, -0.2) is 45.2 Å². The molecule has 0 unspecified atom stereocenters. The van der Waals surface area contributed by atoms with Gasteiger partial charge in [-0.3, -0.25) is 0 Å². The highest BCUT2D eigenvalue weighted by Gasteiger charge is 2.37. The van der Waals surface area contributed by atoms with Crippen molar-refractivity contribution < 1.29 is 24.4 Å². The van der Waals surface area contributed by atoms with E-state index in [0.29, 0.717) is 17.0 Å². The average molecular weight is 496 g/mol. The minimum Gasteiger partial charge on any atom is -0.394 e. The lowest BCUT2D eigenvalue weighted by Gasteiger charge is -2.37. The molecule has 0 amide bonds. The number of aromatic nitrogens is 1. The molecule has 8 heteroatoms. The molecule has 1 aliphatic rings. The van der Waals surface area contributed by atoms with Gasteiger partial charge in [0.25, 0.3) is 0 Å². The standard InChI is InChI=1S/C22H21ClFNO4S.C2H6.CH4/c23-17-4-1-12(22-21(28)18(27)9-15(11-26)29-22)7-14(17)8-16-3-5-19(30-16)13-2-6-20(24)25-10-13;1-2;/h1-7,10,15,18,21-22,26-28H,8-9,11H2;1-2H3;1H4/t15-,18-,21+,22-;;/m0../s1. The van der Waals surface area contributed by atoms with E-state index in [4.69, 9.17) is 16.3 Å². The summed E-state index contributed by atoms with van der Waals surface area (Å²) >= 11 is 7.97. The normalized spacial score (nSPS) is 22.2. The molecule has 0 bridgehead atoms. The second-order valence-corrected chi connectivity index (χ2v) is 8.89. The number of halogens is 2. The van der Waals surface area contributed by atoms with E-state index in [-0.39, 0.29) is 20.5 Å². The first-order chi connectivity index (χ1) is 15.4. The van der Waals surface area contributed by atoms with Gasteiger partial charge in [-0.1, -0.05) is 45.0 Å². The predicted octanol–water partition coefficient (Wildman–Crippen LogP) is 5.40. The SMILES string of the molecule is C.CC.OC[C@@H]1C[C@H](O)[C@@H](O)[C@H](c2ccc(Cl)c(Cc3ccc(-c4ccc(F)nc4)s3)c2)O1. The molecule has 4 atom stereocenters. The highest BCUT2D eigenvalue weighted by molar-refractivity contribution is 7.15. The molecule has 3 N–H and O–H groups in total. The molecular formula is C25H31ClFNO4S. The van der Waals surface area contributed by atoms with Crippen LogP contribution in [0.4, 0.5) is 4.39 Å². The number of nitrogens with zero attached hydrogens (tertiary/aromatic N) is 1. The first-order valence-corrected chi connectivity index (χ1v) is 11.8. The van der Waals surface area contributed by atoms with Gasteiger partial charge in [0.15, 0.2) is 0 Å². The fraction of sp³-hybridized carbons (Fsp3) is 0.400. The summed E-state index contributed by atoms with van der Waals surface area (Å²) < 4.78 is 18.8. The Kier molecular flexibility index (Phi) is 10.4. The number of aliphatic hydroxyl groups excluding tert-OH is 3. The van der Waals surface area contributed by atoms with Crippen molar-refractivity contribution in [2.75, 3.05) is 6.61 Å². The second-order valence-electron chi connectivity index (χ2n) is 7.32. The molecule has 1 fully saturated rings. The van der Waals surface area contributed by atoms with Gasteiger partial charge in [0.05, 0.1) is 18.8 Å². The third kappa shape index (κ3) is 6.59. The fourth-order valence-electron chi connectivity index (χ4n) is 3.59. The highest BCUT2D eigenvalue weighted by atomic mass is 35.5. The van der Waals surface area contributed by atoms with Crippen molar-refractivity contribution in [1.82, 2.24) is 4.98 Å². The smallest absolute Gasteiger partial charge is 0.212 e. The Hall–Kier alpha value is -1.87. The summed E-state index contributed by atoms with van der Waals surface area (Å²) in [5.74, 6) is -0.514. The lowest BCUT2D eigenvalue weighted by molar-refractivity contribution is -0.179. The van der Waals surface area contributed by atoms with E-state index in [1.807, 2.05) is 32.0 Å². The van der Waals surface area contributed by atoms with E-state index in [2.05, 4.69) is 4.98 Å². The number of pyridine rings is 1. The Morgan fingerprint density at radius 1 is 1.15 bits per heavy atom. The third-order valence-corrected chi connectivity index (χ3v) is 6.69. The Labute approximate surface area is 203 Å². The average Bonchev–Trinajstić information content (AvgIpc) is 3.27. The van der Waals surface area contributed by atoms with Crippen LogP contribution in [0.5, 0.6) is 0 Å². The van der Waals surface area contributed by atoms with Gasteiger partial charge in [-0.15, -0.1) is 11.3 Å². The maximum Gasteiger partial charge on any atom is 0.212 e. The van der Waals surface area contributed by atoms with Crippen molar-refractivity contribution in [1.29, 1.82) is 0 Å². The maximum absolute atomic E-state index is 13.0. The topological polar surface area (TPSA) is 82.8 Å². The zero-order valence-electron chi connectivity index (χ0n) is 17.9. The van der Waals surface area contributed by atoms with Crippen LogP contribution in [-0.2, 0) is 11.2 Å². The fourth-order valence-corrected chi connectivity index (χ4v) is 4.80. The van der Waals surface area contributed by atoms with Crippen molar-refractivity contribution in [3.63, 3.8) is 0 Å². The highest BCUT2D eigenvalue weighted by Crippen LogP contribution is 2.35. The Morgan fingerprint density at radius 2 is 1.91 bits per heavy atom. The van der Waals surface area contributed by atoms with Gasteiger partial charge in [-0.05, 0) is 41.5 Å². The van der Waals surface area contributed by atoms with E-state index < -0.39 is 30.4 Å². The largest absolute Gasteiger partial charge is 0.394 e. The van der Waals surface area contributed by atoms with Crippen LogP contribution >= 0.6 is 22.9 Å². The first kappa shape index (κ1) is 27.4. The van der Waals surface area contributed by atoms with Gasteiger partial charge in [0.2, 0.25) is 5.95 Å². The van der Waals surface area contributed by atoms with Crippen LogP contribution in [0.3, 0.4) is 0 Å². The third-order valence-electron chi connectivity index (χ3n) is 5.19. The number of rotatable bonds is 5. The van der Waals surface area contributed by atoms with Crippen molar-refractivity contribution in [2.24, 2.45) is 0 Å². The lowest BCUT2D eigenvalue weighted by Crippen LogP contribution is -2.44. The summed E-state index contributed by atoms with van der Waals surface area (Å²) in [5.41, 5.74) is 2.39. The number of thiophene rings is 1. The van der Waals surface area contributed by atoms with Gasteiger partial charge < -0.3 is 20.1 Å². The van der Waals surface area contributed by atoms with Crippen LogP contribution in [0.2, 0.25) is 5.02 Å². The molecule has 5 nitrogen and oxygen atoms in total. The van der Waals surface area contributed by atoms with Gasteiger partial charge in [-0.25, -0.2) is 4.98 Å². The van der Waals surface area contributed by atoms with E-state index in [1.54, 1.807) is 29.5 Å². The summed E-state index contributed by atoms with van der Waals surface area (Å²) in [7, 11) is 0. The second kappa shape index (κ2) is 12.6. The summed E-state index contributed by atoms with van der Waals surface area (Å²) in [5, 5.41) is 30.5. The summed E-state index contributed by atoms with van der Waals surface area (Å²) in [6.07, 6.45) is -1.07. The quantitative estimate of drug-likeness (QED) is 0.413. The molecule has 33 heavy (non-hydrogen) atoms. The zero-order chi connectivity index (χ0) is 23.3. The molecular weight excluding hydrogens is 465 g/mol. The molecule has 3 heterocycles. The van der Waals surface area contributed by atoms with Crippen LogP contribution in [0, 0.1) is 5.95 Å². The molecule has 0 spiro atoms. The molecule has 180 valence electrons. The predicted molar refractivity (Wildman–Crippen MR) is 131 cm³/mol. The Morgan fingerprint density at radius 3 is 2.58 bits per heavy atom. The minimum absolute atomic E-state index is 0. The minimum atomic E-state index is -1.08. The van der Waals surface area contributed by atoms with Crippen LogP contribution in [0.25, 0.3) is 10.4 Å². The van der Waals surface area contributed by atoms with Gasteiger partial charge in [0, 0.05) is 39.4 Å². The van der Waals surface area contributed by atoms with Crippen LogP contribution < -0.4 is 0 Å². The molecule has 1 aromatic carbocycles. The van der Waals surface area contributed by atoms with Gasteiger partial charge >= 0.3 is 0 Å². The van der Waals surface area contributed by atoms with E-state index in [1.165, 1.54) is 12.3 Å². The molecule has 0 radical (unpaired) electrons. The van der Waals surface area contributed by atoms with Crippen molar-refractivity contribution in [2.45, 2.75) is 58.5 Å². The number of hydrogen-bond donors (Lipinski definition) is 3. The lowest BCUT2D eigenvalue weighted by atomic mass is 9.92. The monoisotopic (exact) mass is 495 g/mol. The van der Waals surface area contributed by atoms with Crippen molar-refractivity contribution >= 4 is 22.9 Å². The Bertz CT molecular complexity index is 1010. The van der Waals surface area contributed by atoms with E-state index >= 15 is 0 Å². The van der Waals surface area contributed by atoms with E-state index in [0.717, 1.165) is 20.9 Å². The first-order valence-electron chi connectivity index (χ1n) is 10.6. The van der Waals surface area contributed by atoms with Gasteiger partial charge in [-0.2, -0.15) is 4.39 Å². The maximum atomic E-state index is 13.0. The summed E-state index contributed by atoms with van der Waals surface area (Å²) in [6, 6.07) is 12.3. The van der Waals surface area contributed by atoms with Crippen LogP contribution in [0.15, 0.2) is 48.7 Å². The molecule has 0 saturated carbocycles. The molecule has 3 aromatic rings. The zero-order valence-corrected chi connectivity index (χ0v) is 19.5. The number of ether oxygens (including phenoxy) is 1. The van der Waals surface area contributed by atoms with Crippen molar-refractivity contribution in [3.8, 4) is 10.4 Å². The van der Waals surface area contributed by atoms with Gasteiger partial charge in [0.1, 0.15) is 12.2 Å². The molecule has 0 aliphatic carbocycles. The Balaban J connectivity index is 0.00000125. The molecule has 1 aliphatic heterocycles. The molecule has 4 rings (SSSR count). The molecule has 2 aromatic heterocycles. The van der Waals surface area contributed by atoms with Crippen LogP contribution in [0.1, 0.15) is 49.8 Å². The summed E-state index contributed by atoms with van der Waals surface area (Å²) in [4.78, 5) is 5.73. The van der Waals surface area contributed by atoms with Crippen molar-refractivity contribution in [3.05, 3.63) is 75.6 Å². The summed E-state index contributed by atoms with van der Waals surface area (Å²) in [6.45, 7) is 3.77. The molecule has 1 saturated heterocycles. The van der Waals surface area contributed by atoms with E-state index in [9.17, 15) is 19.7 Å². The number of benzene rings is 1. The number of aliphatic hydroxyl groups is 3.